The van der Waals surface area contributed by atoms with Gasteiger partial charge in [0.1, 0.15) is 11.6 Å². The number of halogens is 3. The summed E-state index contributed by atoms with van der Waals surface area (Å²) >= 11 is 0. The number of methoxy groups -OCH3 is 1. The number of nitrogens with one attached hydrogen (secondary N) is 2. The van der Waals surface area contributed by atoms with Crippen molar-refractivity contribution in [1.29, 1.82) is 0 Å². The number of ether oxygens (including phenoxy) is 1. The Kier molecular flexibility index (Phi) is 12.4. The van der Waals surface area contributed by atoms with Gasteiger partial charge in [-0.1, -0.05) is 6.07 Å². The third-order valence-electron chi connectivity index (χ3n) is 7.12. The van der Waals surface area contributed by atoms with Crippen LogP contribution in [0.1, 0.15) is 36.8 Å². The zero-order valence-electron chi connectivity index (χ0n) is 20.7. The van der Waals surface area contributed by atoms with E-state index in [0.29, 0.717) is 25.0 Å². The highest BCUT2D eigenvalue weighted by atomic mass is 35.5. The van der Waals surface area contributed by atoms with Crippen molar-refractivity contribution in [2.45, 2.75) is 49.5 Å². The van der Waals surface area contributed by atoms with Crippen LogP contribution in [-0.4, -0.2) is 59.2 Å². The number of piperidine rings is 1. The summed E-state index contributed by atoms with van der Waals surface area (Å²) in [5.74, 6) is 1.15. The molecule has 1 aliphatic carbocycles. The van der Waals surface area contributed by atoms with Crippen LogP contribution in [0.4, 0.5) is 4.39 Å². The molecular formula is C26H38Cl2FN3O3S. The molecule has 1 unspecified atom stereocenters. The standard InChI is InChI=1S/C26H36FN3O3S.2ClH/c1-33-25-8-5-21-3-2-4-24(17-22(21)18-25)28-19-20-11-14-30(15-12-20)16-13-29-34(31,32)26-9-6-23(27)7-10-26;;/h5-10,18,20,24,28-29H,2-4,11-17,19H2,1H3;2*1H. The molecule has 1 aliphatic heterocycles. The molecule has 202 valence electrons. The van der Waals surface area contributed by atoms with E-state index in [2.05, 4.69) is 33.1 Å². The Labute approximate surface area is 227 Å². The Hall–Kier alpha value is -1.42. The largest absolute Gasteiger partial charge is 0.497 e. The van der Waals surface area contributed by atoms with Crippen molar-refractivity contribution in [3.05, 3.63) is 59.4 Å². The summed E-state index contributed by atoms with van der Waals surface area (Å²) in [6.07, 6.45) is 6.84. The molecule has 2 aliphatic rings. The van der Waals surface area contributed by atoms with Gasteiger partial charge in [0.05, 0.1) is 12.0 Å². The predicted octanol–water partition coefficient (Wildman–Crippen LogP) is 4.21. The molecule has 2 N–H and O–H groups in total. The van der Waals surface area contributed by atoms with Crippen molar-refractivity contribution in [2.75, 3.05) is 39.8 Å². The quantitative estimate of drug-likeness (QED) is 0.449. The Morgan fingerprint density at radius 2 is 1.75 bits per heavy atom. The normalized spacial score (nSPS) is 18.9. The molecule has 1 saturated heterocycles. The van der Waals surface area contributed by atoms with Gasteiger partial charge in [-0.05, 0) is 112 Å². The Balaban J connectivity index is 0.00000228. The van der Waals surface area contributed by atoms with Gasteiger partial charge in [-0.15, -0.1) is 24.8 Å². The zero-order valence-corrected chi connectivity index (χ0v) is 23.2. The van der Waals surface area contributed by atoms with Crippen LogP contribution in [0.25, 0.3) is 0 Å². The molecule has 1 atom stereocenters. The molecule has 0 spiro atoms. The lowest BCUT2D eigenvalue weighted by Crippen LogP contribution is -2.42. The highest BCUT2D eigenvalue weighted by Gasteiger charge is 2.22. The van der Waals surface area contributed by atoms with Crippen LogP contribution in [0.15, 0.2) is 47.4 Å². The summed E-state index contributed by atoms with van der Waals surface area (Å²) in [5.41, 5.74) is 2.86. The highest BCUT2D eigenvalue weighted by Crippen LogP contribution is 2.25. The first-order valence-electron chi connectivity index (χ1n) is 12.3. The first-order chi connectivity index (χ1) is 16.4. The topological polar surface area (TPSA) is 70.7 Å². The maximum absolute atomic E-state index is 13.0. The number of fused-ring (bicyclic) bond motifs is 1. The molecule has 1 fully saturated rings. The molecule has 10 heteroatoms. The molecule has 0 amide bonds. The molecule has 36 heavy (non-hydrogen) atoms. The number of sulfonamides is 1. The van der Waals surface area contributed by atoms with Crippen LogP contribution in [0.3, 0.4) is 0 Å². The maximum Gasteiger partial charge on any atom is 0.240 e. The first-order valence-corrected chi connectivity index (χ1v) is 13.8. The minimum Gasteiger partial charge on any atom is -0.497 e. The molecule has 0 saturated carbocycles. The summed E-state index contributed by atoms with van der Waals surface area (Å²) in [5, 5.41) is 3.83. The predicted molar refractivity (Wildman–Crippen MR) is 147 cm³/mol. The van der Waals surface area contributed by atoms with Crippen molar-refractivity contribution in [1.82, 2.24) is 14.9 Å². The Morgan fingerprint density at radius 3 is 2.44 bits per heavy atom. The molecule has 0 bridgehead atoms. The van der Waals surface area contributed by atoms with Crippen LogP contribution in [0, 0.1) is 11.7 Å². The molecule has 2 aromatic carbocycles. The lowest BCUT2D eigenvalue weighted by atomic mass is 9.95. The summed E-state index contributed by atoms with van der Waals surface area (Å²) in [6, 6.07) is 11.9. The van der Waals surface area contributed by atoms with E-state index in [9.17, 15) is 12.8 Å². The summed E-state index contributed by atoms with van der Waals surface area (Å²) < 4.78 is 45.8. The van der Waals surface area contributed by atoms with Gasteiger partial charge in [0.25, 0.3) is 0 Å². The molecular weight excluding hydrogens is 524 g/mol. The van der Waals surface area contributed by atoms with Crippen LogP contribution < -0.4 is 14.8 Å². The molecule has 0 radical (unpaired) electrons. The zero-order chi connectivity index (χ0) is 24.0. The van der Waals surface area contributed by atoms with Crippen LogP contribution in [0.5, 0.6) is 5.75 Å². The molecule has 0 aromatic heterocycles. The third-order valence-corrected chi connectivity index (χ3v) is 8.60. The summed E-state index contributed by atoms with van der Waals surface area (Å²) in [6.45, 7) is 4.04. The van der Waals surface area contributed by atoms with Crippen molar-refractivity contribution in [2.24, 2.45) is 5.92 Å². The highest BCUT2D eigenvalue weighted by molar-refractivity contribution is 7.89. The van der Waals surface area contributed by atoms with E-state index in [1.165, 1.54) is 36.1 Å². The lowest BCUT2D eigenvalue weighted by Gasteiger charge is -2.33. The molecule has 2 aromatic rings. The van der Waals surface area contributed by atoms with E-state index < -0.39 is 15.8 Å². The fourth-order valence-corrected chi connectivity index (χ4v) is 6.05. The fourth-order valence-electron chi connectivity index (χ4n) is 5.03. The van der Waals surface area contributed by atoms with Crippen molar-refractivity contribution in [3.63, 3.8) is 0 Å². The molecule has 1 heterocycles. The van der Waals surface area contributed by atoms with Gasteiger partial charge in [-0.2, -0.15) is 0 Å². The average molecular weight is 563 g/mol. The van der Waals surface area contributed by atoms with E-state index in [0.717, 1.165) is 63.2 Å². The van der Waals surface area contributed by atoms with Crippen molar-refractivity contribution < 1.29 is 17.5 Å². The number of aryl methyl sites for hydroxylation is 1. The van der Waals surface area contributed by atoms with Crippen LogP contribution in [-0.2, 0) is 22.9 Å². The SMILES string of the molecule is COc1ccc2c(c1)CC(NCC1CCN(CCNS(=O)(=O)c3ccc(F)cc3)CC1)CCC2.Cl.Cl. The van der Waals surface area contributed by atoms with Crippen LogP contribution >= 0.6 is 24.8 Å². The Bertz CT molecular complexity index is 1050. The van der Waals surface area contributed by atoms with Crippen molar-refractivity contribution >= 4 is 34.8 Å². The van der Waals surface area contributed by atoms with E-state index >= 15 is 0 Å². The van der Waals surface area contributed by atoms with Gasteiger partial charge in [-0.3, -0.25) is 0 Å². The number of rotatable bonds is 9. The van der Waals surface area contributed by atoms with Crippen molar-refractivity contribution in [3.8, 4) is 5.75 Å². The summed E-state index contributed by atoms with van der Waals surface area (Å²) in [4.78, 5) is 2.41. The second-order valence-electron chi connectivity index (χ2n) is 9.47. The Morgan fingerprint density at radius 1 is 1.03 bits per heavy atom. The third kappa shape index (κ3) is 8.57. The van der Waals surface area contributed by atoms with Gasteiger partial charge in [0.2, 0.25) is 10.0 Å². The van der Waals surface area contributed by atoms with E-state index in [4.69, 9.17) is 4.74 Å². The van der Waals surface area contributed by atoms with Gasteiger partial charge in [0, 0.05) is 19.1 Å². The first kappa shape index (κ1) is 30.8. The molecule has 4 rings (SSSR count). The second-order valence-corrected chi connectivity index (χ2v) is 11.2. The maximum atomic E-state index is 13.0. The number of nitrogens with zero attached hydrogens (tertiary/aromatic N) is 1. The average Bonchev–Trinajstić information content (AvgIpc) is 3.05. The van der Waals surface area contributed by atoms with Gasteiger partial charge < -0.3 is 15.0 Å². The number of hydrogen-bond donors (Lipinski definition) is 2. The fraction of sp³-hybridized carbons (Fsp3) is 0.538. The minimum absolute atomic E-state index is 0. The number of benzene rings is 2. The molecule has 6 nitrogen and oxygen atoms in total. The number of likely N-dealkylation sites (tertiary alicyclic amines) is 1. The lowest BCUT2D eigenvalue weighted by molar-refractivity contribution is 0.182. The van der Waals surface area contributed by atoms with E-state index in [-0.39, 0.29) is 29.7 Å². The minimum atomic E-state index is -3.60. The second kappa shape index (κ2) is 14.5. The monoisotopic (exact) mass is 561 g/mol. The van der Waals surface area contributed by atoms with Gasteiger partial charge in [-0.25, -0.2) is 17.5 Å². The van der Waals surface area contributed by atoms with Crippen LogP contribution in [0.2, 0.25) is 0 Å². The van der Waals surface area contributed by atoms with Gasteiger partial charge in [0.15, 0.2) is 0 Å². The summed E-state index contributed by atoms with van der Waals surface area (Å²) in [7, 11) is -1.88. The van der Waals surface area contributed by atoms with Gasteiger partial charge >= 0.3 is 0 Å². The van der Waals surface area contributed by atoms with E-state index in [1.54, 1.807) is 7.11 Å². The smallest absolute Gasteiger partial charge is 0.240 e. The number of hydrogen-bond acceptors (Lipinski definition) is 5. The van der Waals surface area contributed by atoms with E-state index in [1.807, 2.05) is 0 Å².